The highest BCUT2D eigenvalue weighted by Crippen LogP contribution is 2.69. The summed E-state index contributed by atoms with van der Waals surface area (Å²) in [5.41, 5.74) is 2.35. The molecular weight excluding hydrogens is 434 g/mol. The molecule has 2 atom stereocenters. The van der Waals surface area contributed by atoms with Crippen molar-refractivity contribution in [2.24, 2.45) is 0 Å². The third kappa shape index (κ3) is 3.81. The zero-order chi connectivity index (χ0) is 22.1. The summed E-state index contributed by atoms with van der Waals surface area (Å²) in [6.07, 6.45) is 6.29. The number of benzene rings is 4. The maximum Gasteiger partial charge on any atom is 0.0134 e. The van der Waals surface area contributed by atoms with Gasteiger partial charge >= 0.3 is 0 Å². The van der Waals surface area contributed by atoms with E-state index in [4.69, 9.17) is 0 Å². The number of rotatable bonds is 6. The molecule has 1 fully saturated rings. The molecule has 1 saturated carbocycles. The van der Waals surface area contributed by atoms with E-state index in [2.05, 4.69) is 127 Å². The predicted octanol–water partition coefficient (Wildman–Crippen LogP) is 6.48. The number of hydrogen-bond acceptors (Lipinski definition) is 0. The second-order valence-corrected chi connectivity index (χ2v) is 14.1. The summed E-state index contributed by atoms with van der Waals surface area (Å²) >= 11 is 0. The third-order valence-electron chi connectivity index (χ3n) is 7.21. The second kappa shape index (κ2) is 9.02. The molecule has 0 heterocycles. The molecule has 2 heteroatoms. The monoisotopic (exact) mass is 462 g/mol. The Morgan fingerprint density at radius 3 is 1.39 bits per heavy atom. The Kier molecular flexibility index (Phi) is 5.75. The Morgan fingerprint density at radius 2 is 0.970 bits per heavy atom. The average molecular weight is 463 g/mol. The summed E-state index contributed by atoms with van der Waals surface area (Å²) in [7, 11) is -0.936. The molecular formula is C31H28P2. The fourth-order valence-electron chi connectivity index (χ4n) is 5.86. The molecule has 0 aliphatic heterocycles. The minimum absolute atomic E-state index is 0.282. The van der Waals surface area contributed by atoms with Gasteiger partial charge in [-0.25, -0.2) is 0 Å². The lowest BCUT2D eigenvalue weighted by Crippen LogP contribution is -2.42. The molecule has 0 N–H and O–H groups in total. The van der Waals surface area contributed by atoms with Crippen LogP contribution in [0.1, 0.15) is 19.3 Å². The lowest BCUT2D eigenvalue weighted by Gasteiger charge is -2.45. The van der Waals surface area contributed by atoms with Crippen LogP contribution in [-0.2, 0) is 0 Å². The standard InChI is InChI=1S/C31H28P2/c1-5-13-26(14-6-1)32(27-15-7-2-8-16-27)30-23-25-21-22-31(30,24-25)33(28-17-9-3-10-18-28)29-19-11-4-12-20-29/h1-21,30H,22-24H2/t30?,31-/m0/s1. The van der Waals surface area contributed by atoms with Crippen molar-refractivity contribution in [2.45, 2.75) is 30.1 Å². The fourth-order valence-corrected chi connectivity index (χ4v) is 12.9. The molecule has 4 aromatic rings. The molecule has 2 aliphatic rings. The lowest BCUT2D eigenvalue weighted by molar-refractivity contribution is 0.636. The Bertz CT molecular complexity index is 1160. The van der Waals surface area contributed by atoms with E-state index >= 15 is 0 Å². The first-order valence-corrected chi connectivity index (χ1v) is 14.6. The highest BCUT2D eigenvalue weighted by molar-refractivity contribution is 7.78. The normalized spacial score (nSPS) is 21.5. The molecule has 1 unspecified atom stereocenters. The van der Waals surface area contributed by atoms with E-state index in [1.807, 2.05) is 0 Å². The van der Waals surface area contributed by atoms with Crippen molar-refractivity contribution in [1.82, 2.24) is 0 Å². The molecule has 0 aromatic heterocycles. The average Bonchev–Trinajstić information content (AvgIpc) is 3.46. The summed E-state index contributed by atoms with van der Waals surface area (Å²) in [4.78, 5) is 0. The van der Waals surface area contributed by atoms with Crippen LogP contribution >= 0.6 is 15.8 Å². The maximum atomic E-state index is 2.58. The van der Waals surface area contributed by atoms with Crippen LogP contribution in [0, 0.1) is 0 Å². The molecule has 6 rings (SSSR count). The van der Waals surface area contributed by atoms with E-state index in [9.17, 15) is 0 Å². The van der Waals surface area contributed by atoms with Crippen LogP contribution in [0.25, 0.3) is 0 Å². The molecule has 4 aromatic carbocycles. The van der Waals surface area contributed by atoms with Gasteiger partial charge in [-0.3, -0.25) is 0 Å². The van der Waals surface area contributed by atoms with Gasteiger partial charge in [-0.2, -0.15) is 0 Å². The molecule has 0 saturated heterocycles. The van der Waals surface area contributed by atoms with Crippen molar-refractivity contribution in [1.29, 1.82) is 0 Å². The summed E-state index contributed by atoms with van der Waals surface area (Å²) in [6.45, 7) is 0. The zero-order valence-corrected chi connectivity index (χ0v) is 20.5. The number of hydrogen-bond donors (Lipinski definition) is 0. The molecule has 0 spiro atoms. The molecule has 0 nitrogen and oxygen atoms in total. The van der Waals surface area contributed by atoms with Crippen LogP contribution in [0.5, 0.6) is 0 Å². The topological polar surface area (TPSA) is 0 Å². The second-order valence-electron chi connectivity index (χ2n) is 9.11. The Labute approximate surface area is 199 Å². The van der Waals surface area contributed by atoms with E-state index in [0.717, 1.165) is 0 Å². The van der Waals surface area contributed by atoms with Crippen LogP contribution in [0.15, 0.2) is 133 Å². The van der Waals surface area contributed by atoms with Crippen molar-refractivity contribution in [3.05, 3.63) is 133 Å². The largest absolute Gasteiger partial charge is 0.0843 e. The van der Waals surface area contributed by atoms with Gasteiger partial charge in [0.1, 0.15) is 0 Å². The third-order valence-corrected chi connectivity index (χ3v) is 13.6. The first-order valence-electron chi connectivity index (χ1n) is 11.8. The van der Waals surface area contributed by atoms with Gasteiger partial charge in [0.25, 0.3) is 0 Å². The van der Waals surface area contributed by atoms with E-state index in [0.29, 0.717) is 5.66 Å². The van der Waals surface area contributed by atoms with Crippen LogP contribution < -0.4 is 21.2 Å². The van der Waals surface area contributed by atoms with E-state index < -0.39 is 15.8 Å². The van der Waals surface area contributed by atoms with E-state index in [1.165, 1.54) is 40.5 Å². The SMILES string of the molecule is C1=C2CC(P(c3ccccc3)c3ccccc3)[C@](P(c3ccccc3)c3ccccc3)(C1)C2. The van der Waals surface area contributed by atoms with Gasteiger partial charge in [-0.15, -0.1) is 0 Å². The zero-order valence-electron chi connectivity index (χ0n) is 18.7. The number of allylic oxidation sites excluding steroid dienone is 2. The van der Waals surface area contributed by atoms with Gasteiger partial charge in [0.2, 0.25) is 0 Å². The molecule has 33 heavy (non-hydrogen) atoms. The highest BCUT2D eigenvalue weighted by Gasteiger charge is 2.56. The van der Waals surface area contributed by atoms with Gasteiger partial charge in [-0.05, 0) is 56.3 Å². The van der Waals surface area contributed by atoms with Crippen LogP contribution in [-0.4, -0.2) is 10.8 Å². The quantitative estimate of drug-likeness (QED) is 0.227. The molecule has 2 bridgehead atoms. The summed E-state index contributed by atoms with van der Waals surface area (Å²) in [5, 5.41) is 6.37. The first kappa shape index (κ1) is 21.0. The van der Waals surface area contributed by atoms with Crippen molar-refractivity contribution in [2.75, 3.05) is 0 Å². The molecule has 162 valence electrons. The first-order chi connectivity index (χ1) is 16.4. The fraction of sp³-hybridized carbons (Fsp3) is 0.161. The van der Waals surface area contributed by atoms with E-state index in [1.54, 1.807) is 5.57 Å². The van der Waals surface area contributed by atoms with Crippen LogP contribution in [0.2, 0.25) is 0 Å². The highest BCUT2D eigenvalue weighted by atomic mass is 31.1. The minimum Gasteiger partial charge on any atom is -0.0843 e. The van der Waals surface area contributed by atoms with Crippen LogP contribution in [0.3, 0.4) is 0 Å². The number of fused-ring (bicyclic) bond motifs is 2. The smallest absolute Gasteiger partial charge is 0.0134 e. The molecule has 0 amide bonds. The van der Waals surface area contributed by atoms with Crippen molar-refractivity contribution in [3.8, 4) is 0 Å². The Balaban J connectivity index is 1.54. The van der Waals surface area contributed by atoms with E-state index in [-0.39, 0.29) is 5.16 Å². The maximum absolute atomic E-state index is 2.58. The van der Waals surface area contributed by atoms with Gasteiger partial charge < -0.3 is 0 Å². The Hall–Kier alpha value is -2.52. The minimum atomic E-state index is -0.483. The Morgan fingerprint density at radius 1 is 0.545 bits per heavy atom. The van der Waals surface area contributed by atoms with Gasteiger partial charge in [0.05, 0.1) is 0 Å². The van der Waals surface area contributed by atoms with Gasteiger partial charge in [0, 0.05) is 10.8 Å². The summed E-state index contributed by atoms with van der Waals surface area (Å²) < 4.78 is 0. The molecule has 0 radical (unpaired) electrons. The van der Waals surface area contributed by atoms with Crippen molar-refractivity contribution < 1.29 is 0 Å². The predicted molar refractivity (Wildman–Crippen MR) is 147 cm³/mol. The van der Waals surface area contributed by atoms with Crippen LogP contribution in [0.4, 0.5) is 0 Å². The van der Waals surface area contributed by atoms with Crippen molar-refractivity contribution >= 4 is 37.1 Å². The van der Waals surface area contributed by atoms with Gasteiger partial charge in [0.15, 0.2) is 0 Å². The molecule has 2 aliphatic carbocycles. The van der Waals surface area contributed by atoms with Gasteiger partial charge in [-0.1, -0.05) is 133 Å². The van der Waals surface area contributed by atoms with Crippen molar-refractivity contribution in [3.63, 3.8) is 0 Å². The summed E-state index contributed by atoms with van der Waals surface area (Å²) in [5.74, 6) is 0. The summed E-state index contributed by atoms with van der Waals surface area (Å²) in [6, 6.07) is 45.5. The lowest BCUT2D eigenvalue weighted by atomic mass is 10.0.